The summed E-state index contributed by atoms with van der Waals surface area (Å²) in [6.07, 6.45) is 0.402. The van der Waals surface area contributed by atoms with Gasteiger partial charge in [-0.2, -0.15) is 0 Å². The summed E-state index contributed by atoms with van der Waals surface area (Å²) < 4.78 is 9.97. The minimum absolute atomic E-state index is 0.0631. The second-order valence-corrected chi connectivity index (χ2v) is 2.93. The van der Waals surface area contributed by atoms with Gasteiger partial charge in [0.2, 0.25) is 0 Å². The first-order valence-corrected chi connectivity index (χ1v) is 4.69. The zero-order valence-electron chi connectivity index (χ0n) is 8.63. The van der Waals surface area contributed by atoms with Crippen LogP contribution >= 0.6 is 0 Å². The normalized spacial score (nSPS) is 10.2. The van der Waals surface area contributed by atoms with E-state index in [0.717, 1.165) is 13.0 Å². The van der Waals surface area contributed by atoms with E-state index in [1.165, 1.54) is 0 Å². The molecular weight excluding hydrogens is 170 g/mol. The summed E-state index contributed by atoms with van der Waals surface area (Å²) in [6, 6.07) is 0. The fourth-order valence-corrected chi connectivity index (χ4v) is 0.765. The number of amides is 1. The van der Waals surface area contributed by atoms with Crippen molar-refractivity contribution in [1.29, 1.82) is 0 Å². The molecule has 0 atom stereocenters. The van der Waals surface area contributed by atoms with Gasteiger partial charge in [-0.15, -0.1) is 0 Å². The Hall–Kier alpha value is -0.770. The largest absolute Gasteiger partial charge is 0.447 e. The van der Waals surface area contributed by atoms with E-state index in [2.05, 4.69) is 5.32 Å². The third kappa shape index (κ3) is 9.14. The minimum Gasteiger partial charge on any atom is -0.447 e. The van der Waals surface area contributed by atoms with E-state index in [9.17, 15) is 4.79 Å². The molecule has 0 bridgehead atoms. The zero-order chi connectivity index (χ0) is 10.1. The summed E-state index contributed by atoms with van der Waals surface area (Å²) in [5.41, 5.74) is 0. The maximum Gasteiger partial charge on any atom is 0.407 e. The number of ether oxygens (including phenoxy) is 2. The molecule has 13 heavy (non-hydrogen) atoms. The van der Waals surface area contributed by atoms with Gasteiger partial charge in [0, 0.05) is 19.8 Å². The van der Waals surface area contributed by atoms with Crippen LogP contribution in [0.3, 0.4) is 0 Å². The summed E-state index contributed by atoms with van der Waals surface area (Å²) in [6.45, 7) is 7.58. The lowest BCUT2D eigenvalue weighted by molar-refractivity contribution is 0.112. The Morgan fingerprint density at radius 1 is 1.46 bits per heavy atom. The number of alkyl carbamates (subject to hydrolysis) is 1. The molecule has 78 valence electrons. The van der Waals surface area contributed by atoms with Crippen LogP contribution in [0.15, 0.2) is 0 Å². The Labute approximate surface area is 79.6 Å². The van der Waals surface area contributed by atoms with Crippen LogP contribution in [0.1, 0.15) is 27.2 Å². The molecule has 0 saturated heterocycles. The third-order valence-electron chi connectivity index (χ3n) is 1.28. The molecular formula is C9H19NO3. The van der Waals surface area contributed by atoms with E-state index < -0.39 is 0 Å². The van der Waals surface area contributed by atoms with E-state index in [4.69, 9.17) is 9.47 Å². The lowest BCUT2D eigenvalue weighted by Gasteiger charge is -2.08. The zero-order valence-corrected chi connectivity index (χ0v) is 8.63. The Morgan fingerprint density at radius 3 is 2.69 bits per heavy atom. The van der Waals surface area contributed by atoms with Crippen molar-refractivity contribution in [2.75, 3.05) is 19.8 Å². The van der Waals surface area contributed by atoms with Gasteiger partial charge in [-0.25, -0.2) is 4.79 Å². The maximum absolute atomic E-state index is 10.9. The highest BCUT2D eigenvalue weighted by Crippen LogP contribution is 1.88. The molecule has 0 radical (unpaired) electrons. The maximum atomic E-state index is 10.9. The monoisotopic (exact) mass is 189 g/mol. The van der Waals surface area contributed by atoms with Crippen molar-refractivity contribution in [3.8, 4) is 0 Å². The van der Waals surface area contributed by atoms with Gasteiger partial charge in [0.05, 0.1) is 6.10 Å². The van der Waals surface area contributed by atoms with Gasteiger partial charge in [-0.3, -0.25) is 0 Å². The summed E-state index contributed by atoms with van der Waals surface area (Å²) in [4.78, 5) is 10.9. The van der Waals surface area contributed by atoms with Crippen molar-refractivity contribution in [2.45, 2.75) is 33.3 Å². The first-order chi connectivity index (χ1) is 6.16. The number of carbonyl (C=O) groups excluding carboxylic acids is 1. The highest BCUT2D eigenvalue weighted by Gasteiger charge is 2.02. The summed E-state index contributed by atoms with van der Waals surface area (Å²) in [7, 11) is 0. The second-order valence-electron chi connectivity index (χ2n) is 2.93. The van der Waals surface area contributed by atoms with Gasteiger partial charge < -0.3 is 14.8 Å². The fourth-order valence-electron chi connectivity index (χ4n) is 0.765. The molecule has 1 N–H and O–H groups in total. The standard InChI is InChI=1S/C9H19NO3/c1-4-12-7-5-6-10-9(11)13-8(2)3/h8H,4-7H2,1-3H3,(H,10,11). The van der Waals surface area contributed by atoms with Crippen molar-refractivity contribution in [2.24, 2.45) is 0 Å². The molecule has 4 heteroatoms. The highest BCUT2D eigenvalue weighted by atomic mass is 16.6. The second kappa shape index (κ2) is 7.86. The van der Waals surface area contributed by atoms with Crippen LogP contribution in [0.5, 0.6) is 0 Å². The molecule has 0 fully saturated rings. The first-order valence-electron chi connectivity index (χ1n) is 4.69. The van der Waals surface area contributed by atoms with Crippen molar-refractivity contribution >= 4 is 6.09 Å². The number of nitrogens with one attached hydrogen (secondary N) is 1. The first kappa shape index (κ1) is 12.2. The number of rotatable bonds is 6. The van der Waals surface area contributed by atoms with E-state index >= 15 is 0 Å². The molecule has 0 aromatic carbocycles. The van der Waals surface area contributed by atoms with E-state index in [0.29, 0.717) is 13.2 Å². The molecule has 1 amide bonds. The average Bonchev–Trinajstić information content (AvgIpc) is 2.02. The van der Waals surface area contributed by atoms with Crippen LogP contribution in [-0.4, -0.2) is 32.0 Å². The van der Waals surface area contributed by atoms with Gasteiger partial charge in [0.25, 0.3) is 0 Å². The van der Waals surface area contributed by atoms with Gasteiger partial charge in [0.1, 0.15) is 0 Å². The number of hydrogen-bond donors (Lipinski definition) is 1. The van der Waals surface area contributed by atoms with Crippen LogP contribution in [0.25, 0.3) is 0 Å². The topological polar surface area (TPSA) is 47.6 Å². The highest BCUT2D eigenvalue weighted by molar-refractivity contribution is 5.67. The number of hydrogen-bond acceptors (Lipinski definition) is 3. The quantitative estimate of drug-likeness (QED) is 0.645. The van der Waals surface area contributed by atoms with Crippen LogP contribution in [0.4, 0.5) is 4.79 Å². The molecule has 0 rings (SSSR count). The summed E-state index contributed by atoms with van der Waals surface area (Å²) >= 11 is 0. The molecule has 0 heterocycles. The van der Waals surface area contributed by atoms with E-state index in [1.54, 1.807) is 0 Å². The van der Waals surface area contributed by atoms with Crippen LogP contribution in [0.2, 0.25) is 0 Å². The van der Waals surface area contributed by atoms with Gasteiger partial charge in [-0.1, -0.05) is 0 Å². The number of carbonyl (C=O) groups is 1. The third-order valence-corrected chi connectivity index (χ3v) is 1.28. The van der Waals surface area contributed by atoms with Crippen molar-refractivity contribution in [3.05, 3.63) is 0 Å². The van der Waals surface area contributed by atoms with Crippen molar-refractivity contribution < 1.29 is 14.3 Å². The Balaban J connectivity index is 3.17. The molecule has 0 aliphatic heterocycles. The van der Waals surface area contributed by atoms with Crippen LogP contribution in [-0.2, 0) is 9.47 Å². The summed E-state index contributed by atoms with van der Waals surface area (Å²) in [5, 5.41) is 2.63. The lowest BCUT2D eigenvalue weighted by Crippen LogP contribution is -2.28. The predicted octanol–water partition coefficient (Wildman–Crippen LogP) is 1.55. The van der Waals surface area contributed by atoms with Gasteiger partial charge in [0.15, 0.2) is 0 Å². The summed E-state index contributed by atoms with van der Waals surface area (Å²) in [5.74, 6) is 0. The van der Waals surface area contributed by atoms with Crippen molar-refractivity contribution in [3.63, 3.8) is 0 Å². The fraction of sp³-hybridized carbons (Fsp3) is 0.889. The molecule has 0 aliphatic rings. The molecule has 4 nitrogen and oxygen atoms in total. The molecule has 0 unspecified atom stereocenters. The van der Waals surface area contributed by atoms with Gasteiger partial charge in [-0.05, 0) is 27.2 Å². The van der Waals surface area contributed by atoms with E-state index in [-0.39, 0.29) is 12.2 Å². The lowest BCUT2D eigenvalue weighted by atomic mass is 10.4. The minimum atomic E-state index is -0.355. The van der Waals surface area contributed by atoms with Gasteiger partial charge >= 0.3 is 6.09 Å². The SMILES string of the molecule is CCOCCCNC(=O)OC(C)C. The van der Waals surface area contributed by atoms with Crippen molar-refractivity contribution in [1.82, 2.24) is 5.32 Å². The van der Waals surface area contributed by atoms with Crippen LogP contribution < -0.4 is 5.32 Å². The predicted molar refractivity (Wildman–Crippen MR) is 50.7 cm³/mol. The smallest absolute Gasteiger partial charge is 0.407 e. The molecule has 0 aliphatic carbocycles. The van der Waals surface area contributed by atoms with E-state index in [1.807, 2.05) is 20.8 Å². The molecule has 0 saturated carbocycles. The average molecular weight is 189 g/mol. The Morgan fingerprint density at radius 2 is 2.15 bits per heavy atom. The Kier molecular flexibility index (Phi) is 7.39. The molecule has 0 aromatic rings. The molecule has 0 aromatic heterocycles. The Bertz CT molecular complexity index is 137. The molecule has 0 spiro atoms. The van der Waals surface area contributed by atoms with Crippen LogP contribution in [0, 0.1) is 0 Å².